The fourth-order valence-corrected chi connectivity index (χ4v) is 0.726. The molecule has 0 rings (SSSR count). The summed E-state index contributed by atoms with van der Waals surface area (Å²) in [5, 5.41) is 21.6. The van der Waals surface area contributed by atoms with Gasteiger partial charge in [0.05, 0.1) is 0 Å². The van der Waals surface area contributed by atoms with Gasteiger partial charge in [-0.2, -0.15) is 0 Å². The zero-order valence-corrected chi connectivity index (χ0v) is 10.5. The van der Waals surface area contributed by atoms with E-state index in [9.17, 15) is 9.59 Å². The molecule has 104 valence electrons. The summed E-state index contributed by atoms with van der Waals surface area (Å²) in [6.45, 7) is 7.78. The highest BCUT2D eigenvalue weighted by Crippen LogP contribution is 1.72. The summed E-state index contributed by atoms with van der Waals surface area (Å²) in [7, 11) is 0. The molecule has 0 fully saturated rings. The third-order valence-corrected chi connectivity index (χ3v) is 1.64. The van der Waals surface area contributed by atoms with E-state index in [0.717, 1.165) is 0 Å². The SMILES string of the molecule is C=CC(=O)NCCCO.C=CC(=O)NCCCO. The van der Waals surface area contributed by atoms with Crippen LogP contribution in [0.4, 0.5) is 0 Å². The van der Waals surface area contributed by atoms with Crippen molar-refractivity contribution in [2.45, 2.75) is 12.8 Å². The molecule has 18 heavy (non-hydrogen) atoms. The van der Waals surface area contributed by atoms with Gasteiger partial charge in [-0.25, -0.2) is 0 Å². The fraction of sp³-hybridized carbons (Fsp3) is 0.500. The Morgan fingerprint density at radius 3 is 1.44 bits per heavy atom. The van der Waals surface area contributed by atoms with Gasteiger partial charge >= 0.3 is 0 Å². The lowest BCUT2D eigenvalue weighted by atomic mass is 10.4. The van der Waals surface area contributed by atoms with E-state index in [2.05, 4.69) is 23.8 Å². The van der Waals surface area contributed by atoms with E-state index in [1.54, 1.807) is 0 Å². The van der Waals surface area contributed by atoms with Crippen molar-refractivity contribution >= 4 is 11.8 Å². The summed E-state index contributed by atoms with van der Waals surface area (Å²) in [5.74, 6) is -0.382. The van der Waals surface area contributed by atoms with Crippen LogP contribution in [0.5, 0.6) is 0 Å². The predicted octanol–water partition coefficient (Wildman–Crippen LogP) is -0.658. The van der Waals surface area contributed by atoms with E-state index < -0.39 is 0 Å². The Kier molecular flexibility index (Phi) is 15.9. The van der Waals surface area contributed by atoms with Gasteiger partial charge in [-0.1, -0.05) is 13.2 Å². The Bertz CT molecular complexity index is 228. The van der Waals surface area contributed by atoms with Crippen LogP contribution in [0.2, 0.25) is 0 Å². The minimum atomic E-state index is -0.191. The Hall–Kier alpha value is -1.66. The van der Waals surface area contributed by atoms with Gasteiger partial charge in [-0.3, -0.25) is 9.59 Å². The lowest BCUT2D eigenvalue weighted by molar-refractivity contribution is -0.117. The van der Waals surface area contributed by atoms with Gasteiger partial charge in [0, 0.05) is 26.3 Å². The second-order valence-electron chi connectivity index (χ2n) is 3.14. The largest absolute Gasteiger partial charge is 0.396 e. The molecule has 0 bridgehead atoms. The highest BCUT2D eigenvalue weighted by Gasteiger charge is 1.90. The van der Waals surface area contributed by atoms with Crippen molar-refractivity contribution in [1.29, 1.82) is 0 Å². The molecule has 2 amide bonds. The average Bonchev–Trinajstić information content (AvgIpc) is 2.39. The van der Waals surface area contributed by atoms with Gasteiger partial charge in [0.2, 0.25) is 11.8 Å². The van der Waals surface area contributed by atoms with Gasteiger partial charge in [-0.05, 0) is 25.0 Å². The summed E-state index contributed by atoms with van der Waals surface area (Å²) < 4.78 is 0. The molecule has 0 spiro atoms. The van der Waals surface area contributed by atoms with Crippen molar-refractivity contribution in [3.63, 3.8) is 0 Å². The molecule has 6 heteroatoms. The van der Waals surface area contributed by atoms with Crippen LogP contribution in [-0.2, 0) is 9.59 Å². The number of aliphatic hydroxyl groups is 2. The van der Waals surface area contributed by atoms with Crippen molar-refractivity contribution in [3.05, 3.63) is 25.3 Å². The molecule has 0 aromatic rings. The summed E-state index contributed by atoms with van der Waals surface area (Å²) in [6, 6.07) is 0. The molecule has 0 aliphatic carbocycles. The Balaban J connectivity index is 0. The Labute approximate surface area is 107 Å². The Morgan fingerprint density at radius 2 is 1.22 bits per heavy atom. The normalized spacial score (nSPS) is 8.56. The molecule has 0 unspecified atom stereocenters. The number of rotatable bonds is 8. The first-order valence-electron chi connectivity index (χ1n) is 5.64. The molecule has 0 aromatic carbocycles. The first-order valence-corrected chi connectivity index (χ1v) is 5.64. The number of carbonyl (C=O) groups excluding carboxylic acids is 2. The average molecular weight is 258 g/mol. The number of aliphatic hydroxyl groups excluding tert-OH is 2. The van der Waals surface area contributed by atoms with E-state index in [4.69, 9.17) is 10.2 Å². The highest BCUT2D eigenvalue weighted by atomic mass is 16.3. The van der Waals surface area contributed by atoms with E-state index in [1.807, 2.05) is 0 Å². The van der Waals surface area contributed by atoms with Gasteiger partial charge < -0.3 is 20.8 Å². The van der Waals surface area contributed by atoms with Gasteiger partial charge in [0.25, 0.3) is 0 Å². The van der Waals surface area contributed by atoms with Crippen molar-refractivity contribution in [2.24, 2.45) is 0 Å². The third-order valence-electron chi connectivity index (χ3n) is 1.64. The second kappa shape index (κ2) is 15.3. The van der Waals surface area contributed by atoms with Crippen LogP contribution < -0.4 is 10.6 Å². The van der Waals surface area contributed by atoms with Gasteiger partial charge in [-0.15, -0.1) is 0 Å². The molecule has 0 heterocycles. The van der Waals surface area contributed by atoms with Crippen molar-refractivity contribution in [3.8, 4) is 0 Å². The maximum Gasteiger partial charge on any atom is 0.243 e. The molecule has 0 aromatic heterocycles. The topological polar surface area (TPSA) is 98.7 Å². The van der Waals surface area contributed by atoms with E-state index in [1.165, 1.54) is 12.2 Å². The predicted molar refractivity (Wildman–Crippen MR) is 69.8 cm³/mol. The molecule has 0 aliphatic heterocycles. The smallest absolute Gasteiger partial charge is 0.243 e. The number of carbonyl (C=O) groups is 2. The number of hydrogen-bond acceptors (Lipinski definition) is 4. The van der Waals surface area contributed by atoms with Crippen LogP contribution >= 0.6 is 0 Å². The molecule has 0 radical (unpaired) electrons. The zero-order chi connectivity index (χ0) is 14.2. The lowest BCUT2D eigenvalue weighted by Gasteiger charge is -1.96. The molecule has 0 saturated carbocycles. The zero-order valence-electron chi connectivity index (χ0n) is 10.5. The number of amides is 2. The van der Waals surface area contributed by atoms with E-state index in [0.29, 0.717) is 25.9 Å². The molecule has 6 nitrogen and oxygen atoms in total. The fourth-order valence-electron chi connectivity index (χ4n) is 0.726. The summed E-state index contributed by atoms with van der Waals surface area (Å²) in [5.41, 5.74) is 0. The minimum absolute atomic E-state index is 0.109. The van der Waals surface area contributed by atoms with Crippen LogP contribution in [0.15, 0.2) is 25.3 Å². The van der Waals surface area contributed by atoms with E-state index in [-0.39, 0.29) is 25.0 Å². The van der Waals surface area contributed by atoms with Gasteiger partial charge in [0.1, 0.15) is 0 Å². The summed E-state index contributed by atoms with van der Waals surface area (Å²) in [6.07, 6.45) is 3.61. The lowest BCUT2D eigenvalue weighted by Crippen LogP contribution is -2.22. The Morgan fingerprint density at radius 1 is 0.889 bits per heavy atom. The van der Waals surface area contributed by atoms with Crippen molar-refractivity contribution < 1.29 is 19.8 Å². The number of hydrogen-bond donors (Lipinski definition) is 4. The molecular weight excluding hydrogens is 236 g/mol. The van der Waals surface area contributed by atoms with Crippen molar-refractivity contribution in [1.82, 2.24) is 10.6 Å². The van der Waals surface area contributed by atoms with Crippen LogP contribution in [0.1, 0.15) is 12.8 Å². The van der Waals surface area contributed by atoms with Crippen molar-refractivity contribution in [2.75, 3.05) is 26.3 Å². The van der Waals surface area contributed by atoms with Crippen LogP contribution in [0, 0.1) is 0 Å². The van der Waals surface area contributed by atoms with Gasteiger partial charge in [0.15, 0.2) is 0 Å². The third kappa shape index (κ3) is 16.8. The quantitative estimate of drug-likeness (QED) is 0.343. The first kappa shape index (κ1) is 18.7. The first-order chi connectivity index (χ1) is 8.62. The standard InChI is InChI=1S/2C6H11NO2/c2*1-2-6(9)7-4-3-5-8/h2*2,8H,1,3-5H2,(H,7,9). The highest BCUT2D eigenvalue weighted by molar-refractivity contribution is 5.87. The molecule has 0 atom stereocenters. The maximum absolute atomic E-state index is 10.4. The van der Waals surface area contributed by atoms with Crippen LogP contribution in [-0.4, -0.2) is 48.3 Å². The molecule has 4 N–H and O–H groups in total. The minimum Gasteiger partial charge on any atom is -0.396 e. The summed E-state index contributed by atoms with van der Waals surface area (Å²) >= 11 is 0. The van der Waals surface area contributed by atoms with E-state index >= 15 is 0 Å². The second-order valence-corrected chi connectivity index (χ2v) is 3.14. The molecule has 0 aliphatic rings. The number of nitrogens with one attached hydrogen (secondary N) is 2. The maximum atomic E-state index is 10.4. The summed E-state index contributed by atoms with van der Waals surface area (Å²) in [4.78, 5) is 20.8. The molecule has 0 saturated heterocycles. The molecular formula is C12H22N2O4. The van der Waals surface area contributed by atoms with Crippen LogP contribution in [0.25, 0.3) is 0 Å². The monoisotopic (exact) mass is 258 g/mol. The van der Waals surface area contributed by atoms with Crippen LogP contribution in [0.3, 0.4) is 0 Å².